The Morgan fingerprint density at radius 3 is 2.00 bits per heavy atom. The van der Waals surface area contributed by atoms with Crippen LogP contribution in [0.25, 0.3) is 0 Å². The van der Waals surface area contributed by atoms with Crippen LogP contribution in [0.3, 0.4) is 0 Å². The maximum Gasteiger partial charge on any atom is 0.326 e. The normalized spacial score (nSPS) is 14.9. The van der Waals surface area contributed by atoms with Crippen LogP contribution < -0.4 is 10.6 Å². The summed E-state index contributed by atoms with van der Waals surface area (Å²) in [4.78, 5) is 22.1. The lowest BCUT2D eigenvalue weighted by atomic mass is 10.0. The Bertz CT molecular complexity index is 216. The highest BCUT2D eigenvalue weighted by molar-refractivity contribution is 5.86. The number of nitrogens with one attached hydrogen (secondary N) is 2. The number of carbonyl (C=O) groups excluding carboxylic acids is 1. The number of amides is 1. The molecular formula is C9H18N2O3. The zero-order valence-corrected chi connectivity index (χ0v) is 9.00. The first-order chi connectivity index (χ1) is 6.40. The third-order valence-electron chi connectivity index (χ3n) is 2.06. The molecule has 0 aromatic rings. The second-order valence-corrected chi connectivity index (χ2v) is 3.58. The largest absolute Gasteiger partial charge is 0.480 e. The lowest BCUT2D eigenvalue weighted by molar-refractivity contribution is -0.143. The third kappa shape index (κ3) is 3.74. The molecule has 0 heterocycles. The predicted molar refractivity (Wildman–Crippen MR) is 52.9 cm³/mol. The summed E-state index contributed by atoms with van der Waals surface area (Å²) in [5, 5.41) is 14.0. The van der Waals surface area contributed by atoms with E-state index in [-0.39, 0.29) is 17.9 Å². The number of rotatable bonds is 5. The van der Waals surface area contributed by atoms with Crippen molar-refractivity contribution in [2.24, 2.45) is 5.92 Å². The number of hydrogen-bond acceptors (Lipinski definition) is 3. The van der Waals surface area contributed by atoms with Crippen molar-refractivity contribution < 1.29 is 14.7 Å². The van der Waals surface area contributed by atoms with Crippen LogP contribution in [-0.4, -0.2) is 36.1 Å². The molecule has 5 nitrogen and oxygen atoms in total. The summed E-state index contributed by atoms with van der Waals surface area (Å²) in [5.74, 6) is -1.43. The van der Waals surface area contributed by atoms with Crippen molar-refractivity contribution in [2.45, 2.75) is 32.9 Å². The van der Waals surface area contributed by atoms with Gasteiger partial charge in [0.15, 0.2) is 0 Å². The van der Waals surface area contributed by atoms with Crippen LogP contribution in [0.15, 0.2) is 0 Å². The average molecular weight is 202 g/mol. The zero-order valence-electron chi connectivity index (χ0n) is 9.00. The van der Waals surface area contributed by atoms with Gasteiger partial charge >= 0.3 is 5.97 Å². The Labute approximate surface area is 83.9 Å². The number of hydrogen-bond donors (Lipinski definition) is 3. The second kappa shape index (κ2) is 5.59. The van der Waals surface area contributed by atoms with Gasteiger partial charge in [-0.1, -0.05) is 13.8 Å². The highest BCUT2D eigenvalue weighted by Crippen LogP contribution is 2.01. The van der Waals surface area contributed by atoms with Gasteiger partial charge in [0.2, 0.25) is 5.91 Å². The van der Waals surface area contributed by atoms with Gasteiger partial charge in [0.1, 0.15) is 6.04 Å². The lowest BCUT2D eigenvalue weighted by Gasteiger charge is -2.20. The Kier molecular flexibility index (Phi) is 5.15. The van der Waals surface area contributed by atoms with Gasteiger partial charge in [-0.2, -0.15) is 0 Å². The molecule has 0 aliphatic rings. The van der Waals surface area contributed by atoms with E-state index < -0.39 is 12.0 Å². The first-order valence-corrected chi connectivity index (χ1v) is 4.60. The first kappa shape index (κ1) is 12.9. The minimum atomic E-state index is -1.00. The number of carbonyl (C=O) groups is 2. The van der Waals surface area contributed by atoms with Gasteiger partial charge in [-0.25, -0.2) is 4.79 Å². The SMILES string of the molecule is CNC(C)C(=O)N[C@@H](C(=O)O)C(C)C. The smallest absolute Gasteiger partial charge is 0.326 e. The maximum absolute atomic E-state index is 11.4. The molecule has 0 saturated heterocycles. The van der Waals surface area contributed by atoms with Gasteiger partial charge in [-0.15, -0.1) is 0 Å². The van der Waals surface area contributed by atoms with Gasteiger partial charge in [0.05, 0.1) is 6.04 Å². The van der Waals surface area contributed by atoms with Crippen LogP contribution in [0, 0.1) is 5.92 Å². The maximum atomic E-state index is 11.4. The Balaban J connectivity index is 4.31. The lowest BCUT2D eigenvalue weighted by Crippen LogP contribution is -2.50. The molecule has 0 bridgehead atoms. The summed E-state index contributed by atoms with van der Waals surface area (Å²) in [5.41, 5.74) is 0. The second-order valence-electron chi connectivity index (χ2n) is 3.58. The molecule has 1 amide bonds. The van der Waals surface area contributed by atoms with Gasteiger partial charge in [-0.05, 0) is 19.9 Å². The molecule has 1 unspecified atom stereocenters. The van der Waals surface area contributed by atoms with Crippen molar-refractivity contribution in [3.05, 3.63) is 0 Å². The molecular weight excluding hydrogens is 184 g/mol. The van der Waals surface area contributed by atoms with Crippen LogP contribution in [0.2, 0.25) is 0 Å². The molecule has 14 heavy (non-hydrogen) atoms. The quantitative estimate of drug-likeness (QED) is 0.578. The van der Waals surface area contributed by atoms with Crippen LogP contribution in [0.1, 0.15) is 20.8 Å². The molecule has 0 aliphatic heterocycles. The summed E-state index contributed by atoms with van der Waals surface area (Å²) in [6.45, 7) is 5.18. The predicted octanol–water partition coefficient (Wildman–Crippen LogP) is -0.180. The zero-order chi connectivity index (χ0) is 11.3. The minimum Gasteiger partial charge on any atom is -0.480 e. The molecule has 82 valence electrons. The highest BCUT2D eigenvalue weighted by atomic mass is 16.4. The van der Waals surface area contributed by atoms with Crippen LogP contribution in [-0.2, 0) is 9.59 Å². The monoisotopic (exact) mass is 202 g/mol. The molecule has 0 aromatic heterocycles. The van der Waals surface area contributed by atoms with Gasteiger partial charge in [0, 0.05) is 0 Å². The molecule has 0 spiro atoms. The molecule has 0 rings (SSSR count). The summed E-state index contributed by atoms with van der Waals surface area (Å²) < 4.78 is 0. The fourth-order valence-electron chi connectivity index (χ4n) is 0.923. The van der Waals surface area contributed by atoms with Crippen molar-refractivity contribution in [3.8, 4) is 0 Å². The van der Waals surface area contributed by atoms with Crippen molar-refractivity contribution in [1.29, 1.82) is 0 Å². The molecule has 0 saturated carbocycles. The van der Waals surface area contributed by atoms with Gasteiger partial charge < -0.3 is 15.7 Å². The van der Waals surface area contributed by atoms with Crippen molar-refractivity contribution >= 4 is 11.9 Å². The molecule has 2 atom stereocenters. The van der Waals surface area contributed by atoms with Crippen molar-refractivity contribution in [3.63, 3.8) is 0 Å². The van der Waals surface area contributed by atoms with E-state index in [1.54, 1.807) is 27.8 Å². The van der Waals surface area contributed by atoms with Crippen LogP contribution in [0.4, 0.5) is 0 Å². The van der Waals surface area contributed by atoms with E-state index in [4.69, 9.17) is 5.11 Å². The van der Waals surface area contributed by atoms with E-state index in [2.05, 4.69) is 10.6 Å². The van der Waals surface area contributed by atoms with E-state index in [1.165, 1.54) is 0 Å². The van der Waals surface area contributed by atoms with Crippen LogP contribution >= 0.6 is 0 Å². The van der Waals surface area contributed by atoms with E-state index in [1.807, 2.05) is 0 Å². The summed E-state index contributed by atoms with van der Waals surface area (Å²) in [6, 6.07) is -1.20. The summed E-state index contributed by atoms with van der Waals surface area (Å²) in [7, 11) is 1.65. The third-order valence-corrected chi connectivity index (χ3v) is 2.06. The van der Waals surface area contributed by atoms with E-state index in [9.17, 15) is 9.59 Å². The molecule has 0 aromatic carbocycles. The Morgan fingerprint density at radius 1 is 1.21 bits per heavy atom. The topological polar surface area (TPSA) is 78.4 Å². The van der Waals surface area contributed by atoms with E-state index in [0.717, 1.165) is 0 Å². The Hall–Kier alpha value is -1.10. The number of carboxylic acids is 1. The molecule has 0 fully saturated rings. The van der Waals surface area contributed by atoms with Crippen molar-refractivity contribution in [1.82, 2.24) is 10.6 Å². The highest BCUT2D eigenvalue weighted by Gasteiger charge is 2.24. The Morgan fingerprint density at radius 2 is 1.71 bits per heavy atom. The molecule has 3 N–H and O–H groups in total. The average Bonchev–Trinajstić information content (AvgIpc) is 2.11. The van der Waals surface area contributed by atoms with Crippen LogP contribution in [0.5, 0.6) is 0 Å². The standard InChI is InChI=1S/C9H18N2O3/c1-5(2)7(9(13)14)11-8(12)6(3)10-4/h5-7,10H,1-4H3,(H,11,12)(H,13,14)/t6?,7-/m1/s1. The number of likely N-dealkylation sites (N-methyl/N-ethyl adjacent to an activating group) is 1. The van der Waals surface area contributed by atoms with Gasteiger partial charge in [0.25, 0.3) is 0 Å². The fraction of sp³-hybridized carbons (Fsp3) is 0.778. The van der Waals surface area contributed by atoms with Crippen molar-refractivity contribution in [2.75, 3.05) is 7.05 Å². The molecule has 5 heteroatoms. The number of carboxylic acid groups (broad SMARTS) is 1. The number of aliphatic carboxylic acids is 1. The molecule has 0 radical (unpaired) electrons. The molecule has 0 aliphatic carbocycles. The summed E-state index contributed by atoms with van der Waals surface area (Å²) in [6.07, 6.45) is 0. The van der Waals surface area contributed by atoms with E-state index >= 15 is 0 Å². The summed E-state index contributed by atoms with van der Waals surface area (Å²) >= 11 is 0. The first-order valence-electron chi connectivity index (χ1n) is 4.60. The van der Waals surface area contributed by atoms with Gasteiger partial charge in [-0.3, -0.25) is 4.79 Å². The minimum absolute atomic E-state index is 0.125. The van der Waals surface area contributed by atoms with E-state index in [0.29, 0.717) is 0 Å². The fourth-order valence-corrected chi connectivity index (χ4v) is 0.923.